The molecular weight excluding hydrogens is 449 g/mol. The minimum absolute atomic E-state index is 0.0586. The molecule has 1 aromatic carbocycles. The van der Waals surface area contributed by atoms with Crippen LogP contribution in [0.3, 0.4) is 0 Å². The van der Waals surface area contributed by atoms with Crippen LogP contribution in [-0.4, -0.2) is 64.7 Å². The first-order valence-corrected chi connectivity index (χ1v) is 11.1. The first-order valence-electron chi connectivity index (χ1n) is 10.8. The van der Waals surface area contributed by atoms with Crippen LogP contribution in [0.5, 0.6) is 0 Å². The standard InChI is InChI=1S/C22H23ClFN7O2/c23-17-10-26-22(28-15-1-3-16(4-2-15)30-7-8-33-13-20(30)32)29-21(17)14-9-27-31(12-14)19-5-6-25-11-18(19)24/h1-4,9-10,12,18-19,25H,5-8,11,13H2,(H,26,28,29). The van der Waals surface area contributed by atoms with E-state index in [1.807, 2.05) is 24.3 Å². The predicted molar refractivity (Wildman–Crippen MR) is 123 cm³/mol. The number of aromatic nitrogens is 4. The number of morpholine rings is 1. The summed E-state index contributed by atoms with van der Waals surface area (Å²) in [4.78, 5) is 22.5. The number of benzene rings is 1. The van der Waals surface area contributed by atoms with Gasteiger partial charge < -0.3 is 20.3 Å². The zero-order valence-electron chi connectivity index (χ0n) is 17.7. The lowest BCUT2D eigenvalue weighted by atomic mass is 10.1. The van der Waals surface area contributed by atoms with Crippen molar-refractivity contribution in [1.29, 1.82) is 0 Å². The second-order valence-corrected chi connectivity index (χ2v) is 8.35. The maximum absolute atomic E-state index is 14.3. The van der Waals surface area contributed by atoms with Crippen LogP contribution >= 0.6 is 11.6 Å². The molecule has 9 nitrogen and oxygen atoms in total. The number of carbonyl (C=O) groups excluding carboxylic acids is 1. The highest BCUT2D eigenvalue weighted by molar-refractivity contribution is 6.32. The maximum Gasteiger partial charge on any atom is 0.253 e. The molecule has 2 unspecified atom stereocenters. The van der Waals surface area contributed by atoms with Crippen molar-refractivity contribution in [3.63, 3.8) is 0 Å². The molecule has 33 heavy (non-hydrogen) atoms. The number of rotatable bonds is 5. The van der Waals surface area contributed by atoms with E-state index in [2.05, 4.69) is 25.7 Å². The number of halogens is 2. The molecule has 3 aromatic rings. The summed E-state index contributed by atoms with van der Waals surface area (Å²) in [5.41, 5.74) is 2.78. The molecule has 172 valence electrons. The number of hydrogen-bond donors (Lipinski definition) is 2. The van der Waals surface area contributed by atoms with Crippen molar-refractivity contribution in [2.75, 3.05) is 43.1 Å². The highest BCUT2D eigenvalue weighted by Crippen LogP contribution is 2.29. The summed E-state index contributed by atoms with van der Waals surface area (Å²) in [6.45, 7) is 2.22. The normalized spacial score (nSPS) is 21.3. The molecule has 0 bridgehead atoms. The fraction of sp³-hybridized carbons (Fsp3) is 0.364. The molecule has 2 atom stereocenters. The van der Waals surface area contributed by atoms with Crippen molar-refractivity contribution in [1.82, 2.24) is 25.1 Å². The summed E-state index contributed by atoms with van der Waals surface area (Å²) in [7, 11) is 0. The summed E-state index contributed by atoms with van der Waals surface area (Å²) >= 11 is 6.36. The van der Waals surface area contributed by atoms with E-state index >= 15 is 0 Å². The minimum Gasteiger partial charge on any atom is -0.370 e. The largest absolute Gasteiger partial charge is 0.370 e. The van der Waals surface area contributed by atoms with Crippen LogP contribution in [0.15, 0.2) is 42.9 Å². The van der Waals surface area contributed by atoms with Gasteiger partial charge in [0.25, 0.3) is 5.91 Å². The Bertz CT molecular complexity index is 1140. The molecule has 4 heterocycles. The molecule has 2 aromatic heterocycles. The van der Waals surface area contributed by atoms with E-state index in [4.69, 9.17) is 16.3 Å². The van der Waals surface area contributed by atoms with E-state index in [1.54, 1.807) is 22.0 Å². The number of nitrogens with one attached hydrogen (secondary N) is 2. The van der Waals surface area contributed by atoms with Crippen molar-refractivity contribution >= 4 is 34.8 Å². The average Bonchev–Trinajstić information content (AvgIpc) is 3.31. The molecule has 11 heteroatoms. The van der Waals surface area contributed by atoms with E-state index in [0.717, 1.165) is 17.9 Å². The van der Waals surface area contributed by atoms with Crippen LogP contribution in [0.2, 0.25) is 5.02 Å². The van der Waals surface area contributed by atoms with E-state index in [0.29, 0.717) is 48.3 Å². The summed E-state index contributed by atoms with van der Waals surface area (Å²) in [6.07, 6.45) is 4.60. The number of amides is 1. The van der Waals surface area contributed by atoms with Crippen molar-refractivity contribution < 1.29 is 13.9 Å². The van der Waals surface area contributed by atoms with Crippen LogP contribution in [0, 0.1) is 0 Å². The topological polar surface area (TPSA) is 97.2 Å². The van der Waals surface area contributed by atoms with E-state index in [1.165, 1.54) is 6.20 Å². The zero-order chi connectivity index (χ0) is 22.8. The quantitative estimate of drug-likeness (QED) is 0.590. The van der Waals surface area contributed by atoms with Gasteiger partial charge in [0.2, 0.25) is 5.95 Å². The van der Waals surface area contributed by atoms with Gasteiger partial charge in [0, 0.05) is 36.2 Å². The highest BCUT2D eigenvalue weighted by Gasteiger charge is 2.27. The molecule has 0 saturated carbocycles. The van der Waals surface area contributed by atoms with Gasteiger partial charge in [-0.05, 0) is 37.2 Å². The molecule has 2 aliphatic rings. The second kappa shape index (κ2) is 9.42. The van der Waals surface area contributed by atoms with Crippen LogP contribution in [0.4, 0.5) is 21.7 Å². The Morgan fingerprint density at radius 1 is 1.24 bits per heavy atom. The molecular formula is C22H23ClFN7O2. The summed E-state index contributed by atoms with van der Waals surface area (Å²) in [5.74, 6) is 0.305. The Morgan fingerprint density at radius 3 is 2.88 bits per heavy atom. The molecule has 0 radical (unpaired) electrons. The van der Waals surface area contributed by atoms with E-state index in [-0.39, 0.29) is 18.6 Å². The number of anilines is 3. The lowest BCUT2D eigenvalue weighted by molar-refractivity contribution is -0.125. The lowest BCUT2D eigenvalue weighted by Gasteiger charge is -2.26. The first kappa shape index (κ1) is 21.7. The van der Waals surface area contributed by atoms with Gasteiger partial charge in [-0.25, -0.2) is 14.4 Å². The molecule has 1 amide bonds. The van der Waals surface area contributed by atoms with E-state index < -0.39 is 6.17 Å². The van der Waals surface area contributed by atoms with Gasteiger partial charge in [0.1, 0.15) is 12.8 Å². The van der Waals surface area contributed by atoms with Crippen LogP contribution in [0.1, 0.15) is 12.5 Å². The Hall–Kier alpha value is -3.08. The fourth-order valence-corrected chi connectivity index (χ4v) is 4.22. The number of piperidine rings is 1. The predicted octanol–water partition coefficient (Wildman–Crippen LogP) is 2.97. The molecule has 2 N–H and O–H groups in total. The van der Waals surface area contributed by atoms with Crippen LogP contribution in [-0.2, 0) is 9.53 Å². The van der Waals surface area contributed by atoms with Gasteiger partial charge in [-0.2, -0.15) is 5.10 Å². The van der Waals surface area contributed by atoms with Crippen molar-refractivity contribution in [3.05, 3.63) is 47.9 Å². The number of ether oxygens (including phenoxy) is 1. The average molecular weight is 472 g/mol. The molecule has 0 spiro atoms. The summed E-state index contributed by atoms with van der Waals surface area (Å²) < 4.78 is 21.1. The fourth-order valence-electron chi connectivity index (χ4n) is 4.02. The first-order chi connectivity index (χ1) is 16.1. The van der Waals surface area contributed by atoms with Crippen molar-refractivity contribution in [3.8, 4) is 11.3 Å². The Labute approximate surface area is 194 Å². The van der Waals surface area contributed by atoms with Gasteiger partial charge in [0.05, 0.1) is 35.8 Å². The Morgan fingerprint density at radius 2 is 2.09 bits per heavy atom. The molecule has 2 saturated heterocycles. The second-order valence-electron chi connectivity index (χ2n) is 7.95. The monoisotopic (exact) mass is 471 g/mol. The zero-order valence-corrected chi connectivity index (χ0v) is 18.5. The number of carbonyl (C=O) groups is 1. The van der Waals surface area contributed by atoms with Gasteiger partial charge in [-0.3, -0.25) is 9.48 Å². The maximum atomic E-state index is 14.3. The number of hydrogen-bond acceptors (Lipinski definition) is 7. The minimum atomic E-state index is -1.000. The third-order valence-electron chi connectivity index (χ3n) is 5.75. The van der Waals surface area contributed by atoms with Crippen molar-refractivity contribution in [2.45, 2.75) is 18.6 Å². The molecule has 2 fully saturated rings. The van der Waals surface area contributed by atoms with Gasteiger partial charge >= 0.3 is 0 Å². The third kappa shape index (κ3) is 4.68. The van der Waals surface area contributed by atoms with Crippen LogP contribution in [0.25, 0.3) is 11.3 Å². The van der Waals surface area contributed by atoms with Crippen LogP contribution < -0.4 is 15.5 Å². The summed E-state index contributed by atoms with van der Waals surface area (Å²) in [5, 5.41) is 10.9. The van der Waals surface area contributed by atoms with E-state index in [9.17, 15) is 9.18 Å². The van der Waals surface area contributed by atoms with Crippen molar-refractivity contribution in [2.24, 2.45) is 0 Å². The lowest BCUT2D eigenvalue weighted by Crippen LogP contribution is -2.41. The Balaban J connectivity index is 1.32. The third-order valence-corrected chi connectivity index (χ3v) is 6.03. The summed E-state index contributed by atoms with van der Waals surface area (Å²) in [6, 6.07) is 7.12. The molecule has 5 rings (SSSR count). The van der Waals surface area contributed by atoms with Gasteiger partial charge in [0.15, 0.2) is 0 Å². The SMILES string of the molecule is O=C1COCCN1c1ccc(Nc2ncc(Cl)c(-c3cnn(C4CCNCC4F)c3)n2)cc1. The smallest absolute Gasteiger partial charge is 0.253 e. The number of alkyl halides is 1. The highest BCUT2D eigenvalue weighted by atomic mass is 35.5. The molecule has 0 aliphatic carbocycles. The Kier molecular flexibility index (Phi) is 6.21. The van der Waals surface area contributed by atoms with Gasteiger partial charge in [-0.1, -0.05) is 11.6 Å². The molecule has 2 aliphatic heterocycles. The van der Waals surface area contributed by atoms with Gasteiger partial charge in [-0.15, -0.1) is 0 Å². The number of nitrogens with zero attached hydrogens (tertiary/aromatic N) is 5.